The molecular weight excluding hydrogens is 225 g/mol. The summed E-state index contributed by atoms with van der Waals surface area (Å²) in [6.07, 6.45) is 8.32. The third kappa shape index (κ3) is 4.22. The Kier molecular flexibility index (Phi) is 5.31. The van der Waals surface area contributed by atoms with Gasteiger partial charge in [0.1, 0.15) is 5.82 Å². The average molecular weight is 240 g/mol. The molecule has 16 heavy (non-hydrogen) atoms. The van der Waals surface area contributed by atoms with Gasteiger partial charge in [-0.1, -0.05) is 17.7 Å². The lowest BCUT2D eigenvalue weighted by Crippen LogP contribution is -2.22. The fourth-order valence-electron chi connectivity index (χ4n) is 1.54. The van der Waals surface area contributed by atoms with E-state index in [0.717, 1.165) is 24.8 Å². The van der Waals surface area contributed by atoms with Gasteiger partial charge in [0.25, 0.3) is 0 Å². The largest absolute Gasteiger partial charge is 0.327 e. The molecular formula is C13H15ClFN. The second-order valence-electron chi connectivity index (χ2n) is 3.80. The minimum Gasteiger partial charge on any atom is -0.327 e. The molecule has 1 atom stereocenters. The molecule has 1 nitrogen and oxygen atoms in total. The van der Waals surface area contributed by atoms with E-state index in [1.165, 1.54) is 12.1 Å². The predicted octanol–water partition coefficient (Wildman–Crippen LogP) is 3.15. The van der Waals surface area contributed by atoms with Gasteiger partial charge in [0.2, 0.25) is 0 Å². The molecule has 0 aromatic heterocycles. The topological polar surface area (TPSA) is 26.0 Å². The van der Waals surface area contributed by atoms with Gasteiger partial charge in [0.05, 0.1) is 0 Å². The Morgan fingerprint density at radius 1 is 1.50 bits per heavy atom. The van der Waals surface area contributed by atoms with Crippen LogP contribution < -0.4 is 5.73 Å². The van der Waals surface area contributed by atoms with E-state index in [1.54, 1.807) is 6.07 Å². The summed E-state index contributed by atoms with van der Waals surface area (Å²) >= 11 is 5.91. The average Bonchev–Trinajstić information content (AvgIpc) is 2.23. The van der Waals surface area contributed by atoms with Crippen molar-refractivity contribution in [3.05, 3.63) is 34.6 Å². The van der Waals surface area contributed by atoms with Gasteiger partial charge < -0.3 is 5.73 Å². The Bertz CT molecular complexity index is 384. The first-order valence-electron chi connectivity index (χ1n) is 5.26. The van der Waals surface area contributed by atoms with Gasteiger partial charge in [-0.05, 0) is 37.0 Å². The zero-order valence-corrected chi connectivity index (χ0v) is 9.80. The highest BCUT2D eigenvalue weighted by Gasteiger charge is 2.07. The van der Waals surface area contributed by atoms with E-state index < -0.39 is 0 Å². The maximum absolute atomic E-state index is 12.8. The summed E-state index contributed by atoms with van der Waals surface area (Å²) in [6.45, 7) is 0. The molecule has 0 aliphatic rings. The van der Waals surface area contributed by atoms with Crippen molar-refractivity contribution in [3.63, 3.8) is 0 Å². The van der Waals surface area contributed by atoms with E-state index in [0.29, 0.717) is 11.4 Å². The minimum absolute atomic E-state index is 0.0244. The number of benzene rings is 1. The van der Waals surface area contributed by atoms with Crippen LogP contribution in [-0.2, 0) is 6.42 Å². The number of terminal acetylenes is 1. The second kappa shape index (κ2) is 6.52. The van der Waals surface area contributed by atoms with Crippen LogP contribution in [0.4, 0.5) is 4.39 Å². The summed E-state index contributed by atoms with van der Waals surface area (Å²) in [5.74, 6) is 2.25. The summed E-state index contributed by atoms with van der Waals surface area (Å²) < 4.78 is 12.8. The fraction of sp³-hybridized carbons (Fsp3) is 0.385. The van der Waals surface area contributed by atoms with E-state index in [2.05, 4.69) is 5.92 Å². The Hall–Kier alpha value is -1.04. The monoisotopic (exact) mass is 239 g/mol. The summed E-state index contributed by atoms with van der Waals surface area (Å²) in [5.41, 5.74) is 6.82. The first-order valence-corrected chi connectivity index (χ1v) is 5.64. The molecule has 1 unspecified atom stereocenters. The lowest BCUT2D eigenvalue weighted by atomic mass is 10.0. The second-order valence-corrected chi connectivity index (χ2v) is 4.20. The van der Waals surface area contributed by atoms with E-state index in [-0.39, 0.29) is 11.9 Å². The van der Waals surface area contributed by atoms with Gasteiger partial charge >= 0.3 is 0 Å². The van der Waals surface area contributed by atoms with Gasteiger partial charge in [-0.15, -0.1) is 12.3 Å². The minimum atomic E-state index is -0.324. The molecule has 0 aliphatic heterocycles. The van der Waals surface area contributed by atoms with E-state index >= 15 is 0 Å². The standard InChI is InChI=1S/C13H15ClFN/c1-2-3-4-5-12(16)8-10-6-7-11(15)9-13(10)14/h1,6-7,9,12H,3-5,8,16H2. The van der Waals surface area contributed by atoms with Crippen LogP contribution >= 0.6 is 11.6 Å². The van der Waals surface area contributed by atoms with Crippen LogP contribution in [0, 0.1) is 18.2 Å². The lowest BCUT2D eigenvalue weighted by Gasteiger charge is -2.11. The van der Waals surface area contributed by atoms with Crippen LogP contribution in [0.1, 0.15) is 24.8 Å². The van der Waals surface area contributed by atoms with Gasteiger partial charge in [-0.3, -0.25) is 0 Å². The van der Waals surface area contributed by atoms with Crippen LogP contribution in [0.5, 0.6) is 0 Å². The predicted molar refractivity (Wildman–Crippen MR) is 65.8 cm³/mol. The van der Waals surface area contributed by atoms with E-state index in [9.17, 15) is 4.39 Å². The molecule has 0 bridgehead atoms. The van der Waals surface area contributed by atoms with Crippen molar-refractivity contribution in [1.82, 2.24) is 0 Å². The van der Waals surface area contributed by atoms with Crippen LogP contribution in [-0.4, -0.2) is 6.04 Å². The molecule has 1 aromatic rings. The SMILES string of the molecule is C#CCCCC(N)Cc1ccc(F)cc1Cl. The highest BCUT2D eigenvalue weighted by atomic mass is 35.5. The number of hydrogen-bond acceptors (Lipinski definition) is 1. The molecule has 0 heterocycles. The molecule has 0 spiro atoms. The first-order chi connectivity index (χ1) is 7.63. The lowest BCUT2D eigenvalue weighted by molar-refractivity contribution is 0.585. The molecule has 86 valence electrons. The van der Waals surface area contributed by atoms with Gasteiger partial charge in [0.15, 0.2) is 0 Å². The van der Waals surface area contributed by atoms with Crippen molar-refractivity contribution in [2.75, 3.05) is 0 Å². The Morgan fingerprint density at radius 3 is 2.88 bits per heavy atom. The molecule has 1 rings (SSSR count). The third-order valence-corrected chi connectivity index (χ3v) is 2.75. The maximum Gasteiger partial charge on any atom is 0.124 e. The number of unbranched alkanes of at least 4 members (excludes halogenated alkanes) is 1. The molecule has 0 aliphatic carbocycles. The van der Waals surface area contributed by atoms with Crippen molar-refractivity contribution in [1.29, 1.82) is 0 Å². The van der Waals surface area contributed by atoms with Gasteiger partial charge in [-0.2, -0.15) is 0 Å². The van der Waals surface area contributed by atoms with Crippen LogP contribution in [0.25, 0.3) is 0 Å². The smallest absolute Gasteiger partial charge is 0.124 e. The number of rotatable bonds is 5. The van der Waals surface area contributed by atoms with Crippen molar-refractivity contribution in [2.45, 2.75) is 31.7 Å². The summed E-state index contributed by atoms with van der Waals surface area (Å²) in [7, 11) is 0. The quantitative estimate of drug-likeness (QED) is 0.620. The Morgan fingerprint density at radius 2 is 2.25 bits per heavy atom. The zero-order valence-electron chi connectivity index (χ0n) is 9.05. The molecule has 0 radical (unpaired) electrons. The van der Waals surface area contributed by atoms with Crippen LogP contribution in [0.3, 0.4) is 0 Å². The summed E-state index contributed by atoms with van der Waals surface area (Å²) in [4.78, 5) is 0. The van der Waals surface area contributed by atoms with Crippen molar-refractivity contribution < 1.29 is 4.39 Å². The Balaban J connectivity index is 2.50. The maximum atomic E-state index is 12.8. The van der Waals surface area contributed by atoms with E-state index in [1.807, 2.05) is 0 Å². The van der Waals surface area contributed by atoms with Crippen molar-refractivity contribution in [3.8, 4) is 12.3 Å². The fourth-order valence-corrected chi connectivity index (χ4v) is 1.78. The number of halogens is 2. The van der Waals surface area contributed by atoms with Crippen LogP contribution in [0.2, 0.25) is 5.02 Å². The molecule has 0 saturated heterocycles. The molecule has 0 amide bonds. The highest BCUT2D eigenvalue weighted by Crippen LogP contribution is 2.19. The van der Waals surface area contributed by atoms with Crippen molar-refractivity contribution >= 4 is 11.6 Å². The molecule has 2 N–H and O–H groups in total. The third-order valence-electron chi connectivity index (χ3n) is 2.39. The Labute approximate surface area is 101 Å². The van der Waals surface area contributed by atoms with E-state index in [4.69, 9.17) is 23.8 Å². The zero-order chi connectivity index (χ0) is 12.0. The summed E-state index contributed by atoms with van der Waals surface area (Å²) in [6, 6.07) is 4.41. The van der Waals surface area contributed by atoms with Gasteiger partial charge in [-0.25, -0.2) is 4.39 Å². The number of nitrogens with two attached hydrogens (primary N) is 1. The molecule has 3 heteroatoms. The van der Waals surface area contributed by atoms with Crippen molar-refractivity contribution in [2.24, 2.45) is 5.73 Å². The number of hydrogen-bond donors (Lipinski definition) is 1. The normalized spacial score (nSPS) is 12.1. The highest BCUT2D eigenvalue weighted by molar-refractivity contribution is 6.31. The molecule has 0 fully saturated rings. The molecule has 1 aromatic carbocycles. The van der Waals surface area contributed by atoms with Crippen LogP contribution in [0.15, 0.2) is 18.2 Å². The van der Waals surface area contributed by atoms with Gasteiger partial charge in [0, 0.05) is 17.5 Å². The molecule has 0 saturated carbocycles. The first kappa shape index (κ1) is 13.0. The summed E-state index contributed by atoms with van der Waals surface area (Å²) in [5, 5.41) is 0.437.